The highest BCUT2D eigenvalue weighted by molar-refractivity contribution is 7.91. The smallest absolute Gasteiger partial charge is 0.198 e. The molecule has 2 aliphatic rings. The van der Waals surface area contributed by atoms with Gasteiger partial charge in [0.15, 0.2) is 21.4 Å². The number of sulfone groups is 1. The van der Waals surface area contributed by atoms with Crippen LogP contribution in [0.2, 0.25) is 0 Å². The lowest BCUT2D eigenvalue weighted by Gasteiger charge is -2.23. The van der Waals surface area contributed by atoms with E-state index in [1.54, 1.807) is 6.08 Å². The van der Waals surface area contributed by atoms with Gasteiger partial charge in [-0.2, -0.15) is 0 Å². The zero-order valence-corrected chi connectivity index (χ0v) is 10.5. The van der Waals surface area contributed by atoms with Crippen LogP contribution in [-0.4, -0.2) is 44.9 Å². The normalized spacial score (nSPS) is 28.0. The molecular weight excluding hydrogens is 242 g/mol. The summed E-state index contributed by atoms with van der Waals surface area (Å²) in [5, 5.41) is 3.06. The monoisotopic (exact) mass is 259 g/mol. The van der Waals surface area contributed by atoms with E-state index < -0.39 is 9.84 Å². The van der Waals surface area contributed by atoms with Crippen LogP contribution in [0.4, 0.5) is 0 Å². The lowest BCUT2D eigenvalue weighted by atomic mass is 10.1. The predicted molar refractivity (Wildman–Crippen MR) is 63.3 cm³/mol. The summed E-state index contributed by atoms with van der Waals surface area (Å²) in [6.07, 6.45) is 3.79. The van der Waals surface area contributed by atoms with Crippen molar-refractivity contribution in [3.63, 3.8) is 0 Å². The largest absolute Gasteiger partial charge is 0.490 e. The number of carbonyl (C=O) groups excluding carboxylic acids is 1. The van der Waals surface area contributed by atoms with Gasteiger partial charge in [-0.15, -0.1) is 0 Å². The molecule has 2 rings (SSSR count). The molecule has 0 radical (unpaired) electrons. The van der Waals surface area contributed by atoms with Gasteiger partial charge in [-0.25, -0.2) is 8.42 Å². The number of nitrogens with one attached hydrogen (secondary N) is 1. The standard InChI is InChI=1S/C11H17NO4S/c13-10(11-3-1-2-5-16-11)7-9-8-17(14,15)6-4-12-9/h3,9,12H,1-2,4-8H2. The van der Waals surface area contributed by atoms with Crippen molar-refractivity contribution in [1.29, 1.82) is 0 Å². The van der Waals surface area contributed by atoms with E-state index in [1.165, 1.54) is 0 Å². The molecule has 2 aliphatic heterocycles. The summed E-state index contributed by atoms with van der Waals surface area (Å²) in [5.74, 6) is 0.517. The predicted octanol–water partition coefficient (Wildman–Crippen LogP) is 0.0265. The fourth-order valence-electron chi connectivity index (χ4n) is 2.07. The molecule has 1 saturated heterocycles. The molecule has 1 N–H and O–H groups in total. The van der Waals surface area contributed by atoms with Gasteiger partial charge in [0.05, 0.1) is 18.1 Å². The molecular formula is C11H17NO4S. The molecule has 2 heterocycles. The summed E-state index contributed by atoms with van der Waals surface area (Å²) in [4.78, 5) is 11.8. The van der Waals surface area contributed by atoms with Crippen LogP contribution in [0.5, 0.6) is 0 Å². The van der Waals surface area contributed by atoms with E-state index in [2.05, 4.69) is 5.32 Å². The van der Waals surface area contributed by atoms with E-state index in [0.29, 0.717) is 18.9 Å². The number of allylic oxidation sites excluding steroid dienone is 2. The van der Waals surface area contributed by atoms with Gasteiger partial charge in [-0.05, 0) is 18.9 Å². The maximum Gasteiger partial charge on any atom is 0.198 e. The van der Waals surface area contributed by atoms with Gasteiger partial charge >= 0.3 is 0 Å². The average molecular weight is 259 g/mol. The fourth-order valence-corrected chi connectivity index (χ4v) is 3.52. The molecule has 1 atom stereocenters. The summed E-state index contributed by atoms with van der Waals surface area (Å²) >= 11 is 0. The maximum atomic E-state index is 11.8. The number of rotatable bonds is 3. The number of ketones is 1. The second-order valence-corrected chi connectivity index (χ2v) is 6.68. The Hall–Kier alpha value is -0.880. The summed E-state index contributed by atoms with van der Waals surface area (Å²) in [6, 6.07) is -0.271. The lowest BCUT2D eigenvalue weighted by molar-refractivity contribution is -0.119. The van der Waals surface area contributed by atoms with Gasteiger partial charge in [-0.3, -0.25) is 4.79 Å². The highest BCUT2D eigenvalue weighted by atomic mass is 32.2. The highest BCUT2D eigenvalue weighted by Crippen LogP contribution is 2.14. The van der Waals surface area contributed by atoms with Crippen molar-refractivity contribution in [2.45, 2.75) is 25.3 Å². The quantitative estimate of drug-likeness (QED) is 0.774. The second-order valence-electron chi connectivity index (χ2n) is 4.45. The van der Waals surface area contributed by atoms with Crippen LogP contribution in [0.1, 0.15) is 19.3 Å². The highest BCUT2D eigenvalue weighted by Gasteiger charge is 2.27. The first-order valence-corrected chi connectivity index (χ1v) is 7.69. The van der Waals surface area contributed by atoms with Crippen LogP contribution in [-0.2, 0) is 19.4 Å². The molecule has 1 unspecified atom stereocenters. The molecule has 17 heavy (non-hydrogen) atoms. The zero-order chi connectivity index (χ0) is 12.3. The first-order chi connectivity index (χ1) is 8.07. The Morgan fingerprint density at radius 1 is 1.53 bits per heavy atom. The molecule has 5 nitrogen and oxygen atoms in total. The molecule has 0 spiro atoms. The van der Waals surface area contributed by atoms with E-state index in [-0.39, 0.29) is 29.8 Å². The average Bonchev–Trinajstić information content (AvgIpc) is 2.29. The first kappa shape index (κ1) is 12.6. The minimum absolute atomic E-state index is 0.0476. The van der Waals surface area contributed by atoms with Crippen molar-refractivity contribution in [3.8, 4) is 0 Å². The van der Waals surface area contributed by atoms with Crippen LogP contribution >= 0.6 is 0 Å². The number of hydrogen-bond acceptors (Lipinski definition) is 5. The van der Waals surface area contributed by atoms with Gasteiger partial charge in [0.1, 0.15) is 0 Å². The molecule has 6 heteroatoms. The van der Waals surface area contributed by atoms with Gasteiger partial charge in [-0.1, -0.05) is 0 Å². The number of carbonyl (C=O) groups is 1. The third-order valence-electron chi connectivity index (χ3n) is 2.94. The number of Topliss-reactive ketones (excluding diaryl/α,β-unsaturated/α-hetero) is 1. The van der Waals surface area contributed by atoms with Crippen LogP contribution in [0.25, 0.3) is 0 Å². The van der Waals surface area contributed by atoms with Crippen LogP contribution < -0.4 is 5.32 Å². The van der Waals surface area contributed by atoms with E-state index in [9.17, 15) is 13.2 Å². The third kappa shape index (κ3) is 3.54. The van der Waals surface area contributed by atoms with Crippen LogP contribution in [0, 0.1) is 0 Å². The summed E-state index contributed by atoms with van der Waals surface area (Å²) in [5.41, 5.74) is 0. The Kier molecular flexibility index (Phi) is 3.83. The fraction of sp³-hybridized carbons (Fsp3) is 0.727. The molecule has 0 bridgehead atoms. The van der Waals surface area contributed by atoms with E-state index in [1.807, 2.05) is 0 Å². The van der Waals surface area contributed by atoms with Crippen LogP contribution in [0.15, 0.2) is 11.8 Å². The topological polar surface area (TPSA) is 72.5 Å². The minimum Gasteiger partial charge on any atom is -0.490 e. The molecule has 1 fully saturated rings. The molecule has 0 amide bonds. The number of hydrogen-bond donors (Lipinski definition) is 1. The Labute approximate surface area is 101 Å². The maximum absolute atomic E-state index is 11.8. The SMILES string of the molecule is O=C(CC1CS(=O)(=O)CCN1)C1=CCCCO1. The third-order valence-corrected chi connectivity index (χ3v) is 4.68. The van der Waals surface area contributed by atoms with Crippen molar-refractivity contribution < 1.29 is 17.9 Å². The summed E-state index contributed by atoms with van der Waals surface area (Å²) in [7, 11) is -2.98. The van der Waals surface area contributed by atoms with E-state index in [4.69, 9.17) is 4.74 Å². The van der Waals surface area contributed by atoms with Gasteiger partial charge in [0, 0.05) is 19.0 Å². The van der Waals surface area contributed by atoms with Crippen molar-refractivity contribution in [2.24, 2.45) is 0 Å². The van der Waals surface area contributed by atoms with Gasteiger partial charge in [0.25, 0.3) is 0 Å². The number of ether oxygens (including phenoxy) is 1. The van der Waals surface area contributed by atoms with Crippen molar-refractivity contribution in [2.75, 3.05) is 24.7 Å². The van der Waals surface area contributed by atoms with Gasteiger partial charge in [0.2, 0.25) is 0 Å². The Morgan fingerprint density at radius 3 is 3.00 bits per heavy atom. The Bertz CT molecular complexity index is 427. The summed E-state index contributed by atoms with van der Waals surface area (Å²) in [6.45, 7) is 1.01. The molecule has 0 aromatic carbocycles. The minimum atomic E-state index is -2.98. The van der Waals surface area contributed by atoms with Crippen LogP contribution in [0.3, 0.4) is 0 Å². The second kappa shape index (κ2) is 5.18. The Balaban J connectivity index is 1.92. The van der Waals surface area contributed by atoms with Crippen molar-refractivity contribution in [1.82, 2.24) is 5.32 Å². The summed E-state index contributed by atoms with van der Waals surface area (Å²) < 4.78 is 28.1. The molecule has 0 aromatic heterocycles. The van der Waals surface area contributed by atoms with E-state index >= 15 is 0 Å². The lowest BCUT2D eigenvalue weighted by Crippen LogP contribution is -2.46. The van der Waals surface area contributed by atoms with Gasteiger partial charge < -0.3 is 10.1 Å². The first-order valence-electron chi connectivity index (χ1n) is 5.87. The Morgan fingerprint density at radius 2 is 2.35 bits per heavy atom. The molecule has 96 valence electrons. The molecule has 0 aliphatic carbocycles. The van der Waals surface area contributed by atoms with E-state index in [0.717, 1.165) is 12.8 Å². The zero-order valence-electron chi connectivity index (χ0n) is 9.65. The molecule has 0 saturated carbocycles. The molecule has 0 aromatic rings. The van der Waals surface area contributed by atoms with Crippen molar-refractivity contribution in [3.05, 3.63) is 11.8 Å². The van der Waals surface area contributed by atoms with Crippen molar-refractivity contribution >= 4 is 15.6 Å².